The number of rotatable bonds is 4. The molecule has 0 aromatic carbocycles. The molecule has 1 amide bonds. The molecule has 1 aromatic heterocycles. The number of H-pyrrole nitrogens is 1. The Bertz CT molecular complexity index is 261. The van der Waals surface area contributed by atoms with Gasteiger partial charge in [0.25, 0.3) is 5.91 Å². The van der Waals surface area contributed by atoms with Gasteiger partial charge in [0.05, 0.1) is 6.20 Å². The lowest BCUT2D eigenvalue weighted by Gasteiger charge is -2.09. The first kappa shape index (κ1) is 9.98. The van der Waals surface area contributed by atoms with E-state index in [2.05, 4.69) is 20.7 Å². The van der Waals surface area contributed by atoms with Crippen LogP contribution in [0.2, 0.25) is 0 Å². The van der Waals surface area contributed by atoms with Crippen LogP contribution in [0.5, 0.6) is 0 Å². The molecule has 0 spiro atoms. The van der Waals surface area contributed by atoms with Crippen LogP contribution < -0.4 is 5.32 Å². The molecule has 1 aromatic rings. The molecule has 72 valence electrons. The third kappa shape index (κ3) is 3.02. The number of alkyl halides is 1. The van der Waals surface area contributed by atoms with Crippen molar-refractivity contribution in [3.05, 3.63) is 11.9 Å². The second-order valence-corrected chi connectivity index (χ2v) is 3.09. The van der Waals surface area contributed by atoms with Crippen LogP contribution in [0.25, 0.3) is 0 Å². The number of carbonyl (C=O) groups is 1. The molecule has 13 heavy (non-hydrogen) atoms. The summed E-state index contributed by atoms with van der Waals surface area (Å²) in [5.41, 5.74) is 0.293. The van der Waals surface area contributed by atoms with Crippen LogP contribution in [0.3, 0.4) is 0 Å². The number of hydrogen-bond acceptors (Lipinski definition) is 3. The average Bonchev–Trinajstić information content (AvgIpc) is 2.55. The molecule has 5 nitrogen and oxygen atoms in total. The SMILES string of the molecule is CC(CCCl)NC(=O)c1cn[nH]n1. The van der Waals surface area contributed by atoms with Crippen molar-refractivity contribution in [3.8, 4) is 0 Å². The van der Waals surface area contributed by atoms with Crippen molar-refractivity contribution in [2.24, 2.45) is 0 Å². The molecular weight excluding hydrogens is 192 g/mol. The molecule has 0 aliphatic carbocycles. The van der Waals surface area contributed by atoms with Crippen LogP contribution in [-0.2, 0) is 0 Å². The monoisotopic (exact) mass is 202 g/mol. The van der Waals surface area contributed by atoms with E-state index in [1.807, 2.05) is 6.92 Å². The van der Waals surface area contributed by atoms with Gasteiger partial charge in [0.1, 0.15) is 0 Å². The van der Waals surface area contributed by atoms with E-state index in [4.69, 9.17) is 11.6 Å². The van der Waals surface area contributed by atoms with Crippen LogP contribution in [0.4, 0.5) is 0 Å². The lowest BCUT2D eigenvalue weighted by Crippen LogP contribution is -2.33. The molecule has 0 aliphatic rings. The quantitative estimate of drug-likeness (QED) is 0.701. The van der Waals surface area contributed by atoms with Gasteiger partial charge in [-0.1, -0.05) is 0 Å². The molecule has 1 atom stereocenters. The van der Waals surface area contributed by atoms with E-state index in [9.17, 15) is 4.79 Å². The lowest BCUT2D eigenvalue weighted by atomic mass is 10.2. The number of nitrogens with one attached hydrogen (secondary N) is 2. The van der Waals surface area contributed by atoms with E-state index in [0.717, 1.165) is 6.42 Å². The summed E-state index contributed by atoms with van der Waals surface area (Å²) in [7, 11) is 0. The van der Waals surface area contributed by atoms with Crippen molar-refractivity contribution in [2.45, 2.75) is 19.4 Å². The van der Waals surface area contributed by atoms with Crippen LogP contribution in [-0.4, -0.2) is 33.2 Å². The number of carbonyl (C=O) groups excluding carboxylic acids is 1. The van der Waals surface area contributed by atoms with E-state index in [0.29, 0.717) is 11.6 Å². The Morgan fingerprint density at radius 2 is 2.62 bits per heavy atom. The Morgan fingerprint density at radius 3 is 3.15 bits per heavy atom. The summed E-state index contributed by atoms with van der Waals surface area (Å²) >= 11 is 5.52. The maximum atomic E-state index is 11.3. The second kappa shape index (κ2) is 4.81. The largest absolute Gasteiger partial charge is 0.348 e. The maximum absolute atomic E-state index is 11.3. The Morgan fingerprint density at radius 1 is 1.85 bits per heavy atom. The molecule has 0 bridgehead atoms. The van der Waals surface area contributed by atoms with Crippen molar-refractivity contribution >= 4 is 17.5 Å². The fourth-order valence-corrected chi connectivity index (χ4v) is 1.17. The highest BCUT2D eigenvalue weighted by Crippen LogP contribution is 1.95. The Hall–Kier alpha value is -1.10. The predicted octanol–water partition coefficient (Wildman–Crippen LogP) is 0.552. The molecule has 1 heterocycles. The van der Waals surface area contributed by atoms with E-state index in [1.165, 1.54) is 6.20 Å². The first-order valence-electron chi connectivity index (χ1n) is 3.96. The van der Waals surface area contributed by atoms with Crippen molar-refractivity contribution in [1.29, 1.82) is 0 Å². The summed E-state index contributed by atoms with van der Waals surface area (Å²) in [6.45, 7) is 1.89. The normalized spacial score (nSPS) is 12.5. The number of amides is 1. The van der Waals surface area contributed by atoms with Gasteiger partial charge in [-0.05, 0) is 13.3 Å². The fraction of sp³-hybridized carbons (Fsp3) is 0.571. The zero-order chi connectivity index (χ0) is 9.68. The summed E-state index contributed by atoms with van der Waals surface area (Å²) in [5, 5.41) is 12.3. The van der Waals surface area contributed by atoms with Gasteiger partial charge in [-0.2, -0.15) is 15.4 Å². The summed E-state index contributed by atoms with van der Waals surface area (Å²) in [5.74, 6) is 0.298. The van der Waals surface area contributed by atoms with E-state index >= 15 is 0 Å². The van der Waals surface area contributed by atoms with E-state index in [1.54, 1.807) is 0 Å². The molecular formula is C7H11ClN4O. The minimum Gasteiger partial charge on any atom is -0.348 e. The Balaban J connectivity index is 2.42. The summed E-state index contributed by atoms with van der Waals surface area (Å²) in [6.07, 6.45) is 2.12. The highest BCUT2D eigenvalue weighted by Gasteiger charge is 2.10. The first-order chi connectivity index (χ1) is 6.24. The van der Waals surface area contributed by atoms with Crippen molar-refractivity contribution < 1.29 is 4.79 Å². The van der Waals surface area contributed by atoms with Crippen LogP contribution >= 0.6 is 11.6 Å². The number of aromatic nitrogens is 3. The van der Waals surface area contributed by atoms with Crippen LogP contribution in [0.15, 0.2) is 6.20 Å². The fourth-order valence-electron chi connectivity index (χ4n) is 0.845. The molecule has 1 unspecified atom stereocenters. The number of nitrogens with zero attached hydrogens (tertiary/aromatic N) is 2. The van der Waals surface area contributed by atoms with Crippen molar-refractivity contribution in [2.75, 3.05) is 5.88 Å². The summed E-state index contributed by atoms with van der Waals surface area (Å²) in [6, 6.07) is 0.0571. The second-order valence-electron chi connectivity index (χ2n) is 2.71. The van der Waals surface area contributed by atoms with Gasteiger partial charge >= 0.3 is 0 Å². The highest BCUT2D eigenvalue weighted by molar-refractivity contribution is 6.17. The standard InChI is InChI=1S/C7H11ClN4O/c1-5(2-3-8)10-7(13)6-4-9-12-11-6/h4-5H,2-3H2,1H3,(H,10,13)(H,9,11,12). The minimum atomic E-state index is -0.230. The van der Waals surface area contributed by atoms with Gasteiger partial charge in [0.15, 0.2) is 5.69 Å². The number of halogens is 1. The Kier molecular flexibility index (Phi) is 3.70. The number of hydrogen-bond donors (Lipinski definition) is 2. The Labute approximate surface area is 80.9 Å². The van der Waals surface area contributed by atoms with Crippen molar-refractivity contribution in [1.82, 2.24) is 20.7 Å². The van der Waals surface area contributed by atoms with Gasteiger partial charge in [-0.15, -0.1) is 11.6 Å². The first-order valence-corrected chi connectivity index (χ1v) is 4.50. The topological polar surface area (TPSA) is 70.7 Å². The smallest absolute Gasteiger partial charge is 0.273 e. The van der Waals surface area contributed by atoms with Gasteiger partial charge in [0.2, 0.25) is 0 Å². The summed E-state index contributed by atoms with van der Waals surface area (Å²) < 4.78 is 0. The van der Waals surface area contributed by atoms with Gasteiger partial charge in [-0.3, -0.25) is 4.79 Å². The zero-order valence-corrected chi connectivity index (χ0v) is 8.01. The minimum absolute atomic E-state index is 0.0571. The van der Waals surface area contributed by atoms with Gasteiger partial charge in [0, 0.05) is 11.9 Å². The van der Waals surface area contributed by atoms with Crippen molar-refractivity contribution in [3.63, 3.8) is 0 Å². The van der Waals surface area contributed by atoms with E-state index < -0.39 is 0 Å². The molecule has 0 fully saturated rings. The molecule has 6 heteroatoms. The number of aromatic amines is 1. The molecule has 2 N–H and O–H groups in total. The highest BCUT2D eigenvalue weighted by atomic mass is 35.5. The average molecular weight is 203 g/mol. The molecule has 0 aliphatic heterocycles. The lowest BCUT2D eigenvalue weighted by molar-refractivity contribution is 0.0934. The third-order valence-corrected chi connectivity index (χ3v) is 1.79. The predicted molar refractivity (Wildman–Crippen MR) is 48.6 cm³/mol. The van der Waals surface area contributed by atoms with Gasteiger partial charge < -0.3 is 5.32 Å². The molecule has 1 rings (SSSR count). The molecule has 0 saturated carbocycles. The van der Waals surface area contributed by atoms with Crippen LogP contribution in [0, 0.1) is 0 Å². The van der Waals surface area contributed by atoms with Gasteiger partial charge in [-0.25, -0.2) is 0 Å². The van der Waals surface area contributed by atoms with E-state index in [-0.39, 0.29) is 11.9 Å². The maximum Gasteiger partial charge on any atom is 0.273 e. The zero-order valence-electron chi connectivity index (χ0n) is 7.25. The van der Waals surface area contributed by atoms with Crippen LogP contribution in [0.1, 0.15) is 23.8 Å². The molecule has 0 radical (unpaired) electrons. The molecule has 0 saturated heterocycles. The summed E-state index contributed by atoms with van der Waals surface area (Å²) in [4.78, 5) is 11.3. The third-order valence-electron chi connectivity index (χ3n) is 1.57.